The van der Waals surface area contributed by atoms with Gasteiger partial charge in [0.1, 0.15) is 5.82 Å². The average molecular weight is 200 g/mol. The molecular formula is C12H12N2O. The quantitative estimate of drug-likeness (QED) is 0.663. The minimum Gasteiger partial charge on any atom is -0.269 e. The first kappa shape index (κ1) is 9.65. The van der Waals surface area contributed by atoms with Gasteiger partial charge in [0.15, 0.2) is 0 Å². The number of nitrogens with zero attached hydrogens (tertiary/aromatic N) is 2. The highest BCUT2D eigenvalue weighted by Crippen LogP contribution is 2.16. The van der Waals surface area contributed by atoms with Gasteiger partial charge in [0.05, 0.1) is 11.0 Å². The number of imidazole rings is 1. The van der Waals surface area contributed by atoms with Gasteiger partial charge in [-0.1, -0.05) is 18.7 Å². The highest BCUT2D eigenvalue weighted by molar-refractivity contribution is 6.00. The molecule has 0 unspecified atom stereocenters. The van der Waals surface area contributed by atoms with Gasteiger partial charge in [0.2, 0.25) is 0 Å². The highest BCUT2D eigenvalue weighted by Gasteiger charge is 2.13. The molecule has 0 fully saturated rings. The summed E-state index contributed by atoms with van der Waals surface area (Å²) in [4.78, 5) is 16.2. The fourth-order valence-corrected chi connectivity index (χ4v) is 1.59. The Kier molecular flexibility index (Phi) is 2.15. The van der Waals surface area contributed by atoms with Crippen molar-refractivity contribution < 1.29 is 4.79 Å². The van der Waals surface area contributed by atoms with Crippen molar-refractivity contribution in [3.8, 4) is 0 Å². The monoisotopic (exact) mass is 200 g/mol. The van der Waals surface area contributed by atoms with Crippen LogP contribution in [0, 0.1) is 6.92 Å². The van der Waals surface area contributed by atoms with Crippen LogP contribution in [0.3, 0.4) is 0 Å². The van der Waals surface area contributed by atoms with E-state index < -0.39 is 0 Å². The van der Waals surface area contributed by atoms with Gasteiger partial charge in [-0.3, -0.25) is 9.36 Å². The molecule has 0 aliphatic heterocycles. The molecule has 0 spiro atoms. The molecule has 2 aromatic rings. The molecule has 0 aliphatic carbocycles. The summed E-state index contributed by atoms with van der Waals surface area (Å²) in [5.41, 5.74) is 2.19. The van der Waals surface area contributed by atoms with Gasteiger partial charge >= 0.3 is 0 Å². The average Bonchev–Trinajstić information content (AvgIpc) is 2.52. The molecule has 0 saturated carbocycles. The maximum atomic E-state index is 11.9. The number of hydrogen-bond acceptors (Lipinski definition) is 2. The van der Waals surface area contributed by atoms with E-state index in [1.54, 1.807) is 11.5 Å². The molecule has 1 aromatic heterocycles. The van der Waals surface area contributed by atoms with Crippen molar-refractivity contribution in [2.75, 3.05) is 0 Å². The maximum Gasteiger partial charge on any atom is 0.258 e. The second kappa shape index (κ2) is 3.35. The van der Waals surface area contributed by atoms with E-state index in [4.69, 9.17) is 0 Å². The van der Waals surface area contributed by atoms with Crippen LogP contribution >= 0.6 is 0 Å². The Balaban J connectivity index is 2.74. The molecular weight excluding hydrogens is 188 g/mol. The van der Waals surface area contributed by atoms with Crippen LogP contribution in [-0.2, 0) is 0 Å². The van der Waals surface area contributed by atoms with E-state index >= 15 is 0 Å². The van der Waals surface area contributed by atoms with Crippen molar-refractivity contribution in [1.29, 1.82) is 0 Å². The fourth-order valence-electron chi connectivity index (χ4n) is 1.59. The number of allylic oxidation sites excluding steroid dienone is 1. The Bertz CT molecular complexity index is 552. The minimum atomic E-state index is -0.0961. The summed E-state index contributed by atoms with van der Waals surface area (Å²) in [6.45, 7) is 7.19. The summed E-state index contributed by atoms with van der Waals surface area (Å²) in [7, 11) is 0. The summed E-state index contributed by atoms with van der Waals surface area (Å²) in [5, 5.41) is 0. The molecule has 15 heavy (non-hydrogen) atoms. The van der Waals surface area contributed by atoms with Crippen LogP contribution in [0.2, 0.25) is 0 Å². The van der Waals surface area contributed by atoms with Gasteiger partial charge in [0, 0.05) is 5.57 Å². The standard InChI is InChI=1S/C12H12N2O/c1-8(2)12(15)14-9(3)13-10-6-4-5-7-11(10)14/h4-7H,1H2,2-3H3. The van der Waals surface area contributed by atoms with E-state index in [1.807, 2.05) is 31.2 Å². The summed E-state index contributed by atoms with van der Waals surface area (Å²) in [6.07, 6.45) is 0. The van der Waals surface area contributed by atoms with Crippen LogP contribution in [0.4, 0.5) is 0 Å². The van der Waals surface area contributed by atoms with Gasteiger partial charge in [-0.25, -0.2) is 4.98 Å². The second-order valence-corrected chi connectivity index (χ2v) is 3.57. The van der Waals surface area contributed by atoms with Crippen molar-refractivity contribution >= 4 is 16.9 Å². The number of fused-ring (bicyclic) bond motifs is 1. The zero-order valence-corrected chi connectivity index (χ0v) is 8.82. The number of benzene rings is 1. The first-order valence-electron chi connectivity index (χ1n) is 4.75. The SMILES string of the molecule is C=C(C)C(=O)n1c(C)nc2ccccc21. The molecule has 2 rings (SSSR count). The number of hydrogen-bond donors (Lipinski definition) is 0. The predicted molar refractivity (Wildman–Crippen MR) is 59.9 cm³/mol. The van der Waals surface area contributed by atoms with E-state index in [-0.39, 0.29) is 5.91 Å². The zero-order valence-electron chi connectivity index (χ0n) is 8.82. The first-order chi connectivity index (χ1) is 7.11. The Morgan fingerprint density at radius 1 is 1.40 bits per heavy atom. The van der Waals surface area contributed by atoms with Crippen LogP contribution in [0.1, 0.15) is 17.5 Å². The lowest BCUT2D eigenvalue weighted by Gasteiger charge is -2.03. The lowest BCUT2D eigenvalue weighted by molar-refractivity contribution is 0.0958. The van der Waals surface area contributed by atoms with Crippen molar-refractivity contribution in [2.45, 2.75) is 13.8 Å². The number of aromatic nitrogens is 2. The van der Waals surface area contributed by atoms with E-state index in [0.29, 0.717) is 11.4 Å². The third-order valence-electron chi connectivity index (χ3n) is 2.30. The van der Waals surface area contributed by atoms with Gasteiger partial charge in [-0.15, -0.1) is 0 Å². The van der Waals surface area contributed by atoms with Crippen LogP contribution in [0.5, 0.6) is 0 Å². The molecule has 0 aliphatic rings. The maximum absolute atomic E-state index is 11.9. The third-order valence-corrected chi connectivity index (χ3v) is 2.30. The number of carbonyl (C=O) groups excluding carboxylic acids is 1. The molecule has 0 N–H and O–H groups in total. The van der Waals surface area contributed by atoms with E-state index in [9.17, 15) is 4.79 Å². The Morgan fingerprint density at radius 3 is 2.73 bits per heavy atom. The highest BCUT2D eigenvalue weighted by atomic mass is 16.2. The normalized spacial score (nSPS) is 10.5. The Hall–Kier alpha value is -1.90. The molecule has 0 atom stereocenters. The molecule has 1 aromatic carbocycles. The number of para-hydroxylation sites is 2. The molecule has 0 amide bonds. The number of carbonyl (C=O) groups is 1. The number of aryl methyl sites for hydroxylation is 1. The van der Waals surface area contributed by atoms with Gasteiger partial charge in [-0.05, 0) is 26.0 Å². The molecule has 3 heteroatoms. The molecule has 76 valence electrons. The summed E-state index contributed by atoms with van der Waals surface area (Å²) in [6, 6.07) is 7.58. The van der Waals surface area contributed by atoms with E-state index in [0.717, 1.165) is 11.0 Å². The van der Waals surface area contributed by atoms with E-state index in [2.05, 4.69) is 11.6 Å². The minimum absolute atomic E-state index is 0.0961. The van der Waals surface area contributed by atoms with Crippen molar-refractivity contribution in [1.82, 2.24) is 9.55 Å². The largest absolute Gasteiger partial charge is 0.269 e. The van der Waals surface area contributed by atoms with Gasteiger partial charge < -0.3 is 0 Å². The lowest BCUT2D eigenvalue weighted by atomic mass is 10.3. The first-order valence-corrected chi connectivity index (χ1v) is 4.75. The molecule has 0 radical (unpaired) electrons. The van der Waals surface area contributed by atoms with Gasteiger partial charge in [-0.2, -0.15) is 0 Å². The lowest BCUT2D eigenvalue weighted by Crippen LogP contribution is -2.12. The van der Waals surface area contributed by atoms with Crippen molar-refractivity contribution in [2.24, 2.45) is 0 Å². The Labute approximate surface area is 88.0 Å². The zero-order chi connectivity index (χ0) is 11.0. The fraction of sp³-hybridized carbons (Fsp3) is 0.167. The van der Waals surface area contributed by atoms with Crippen LogP contribution in [0.25, 0.3) is 11.0 Å². The van der Waals surface area contributed by atoms with Gasteiger partial charge in [0.25, 0.3) is 5.91 Å². The van der Waals surface area contributed by atoms with Crippen molar-refractivity contribution in [3.05, 3.63) is 42.2 Å². The van der Waals surface area contributed by atoms with Crippen LogP contribution < -0.4 is 0 Å². The van der Waals surface area contributed by atoms with Crippen molar-refractivity contribution in [3.63, 3.8) is 0 Å². The summed E-state index contributed by atoms with van der Waals surface area (Å²) < 4.78 is 1.59. The summed E-state index contributed by atoms with van der Waals surface area (Å²) in [5.74, 6) is 0.602. The van der Waals surface area contributed by atoms with E-state index in [1.165, 1.54) is 0 Å². The topological polar surface area (TPSA) is 34.9 Å². The smallest absolute Gasteiger partial charge is 0.258 e. The molecule has 0 saturated heterocycles. The molecule has 1 heterocycles. The number of rotatable bonds is 1. The third kappa shape index (κ3) is 1.46. The Morgan fingerprint density at radius 2 is 2.07 bits per heavy atom. The molecule has 3 nitrogen and oxygen atoms in total. The summed E-state index contributed by atoms with van der Waals surface area (Å²) >= 11 is 0. The molecule has 0 bridgehead atoms. The van der Waals surface area contributed by atoms with Crippen LogP contribution in [-0.4, -0.2) is 15.5 Å². The second-order valence-electron chi connectivity index (χ2n) is 3.57. The van der Waals surface area contributed by atoms with Crippen LogP contribution in [0.15, 0.2) is 36.4 Å². The predicted octanol–water partition coefficient (Wildman–Crippen LogP) is 2.56.